The van der Waals surface area contributed by atoms with Gasteiger partial charge in [0.2, 0.25) is 17.7 Å². The summed E-state index contributed by atoms with van der Waals surface area (Å²) < 4.78 is 0. The third-order valence-electron chi connectivity index (χ3n) is 7.02. The molecule has 3 amide bonds. The summed E-state index contributed by atoms with van der Waals surface area (Å²) >= 11 is 0. The van der Waals surface area contributed by atoms with Crippen molar-refractivity contribution in [3.05, 3.63) is 0 Å². The molecule has 0 rings (SSSR count). The van der Waals surface area contributed by atoms with Crippen LogP contribution < -0.4 is 16.0 Å². The minimum atomic E-state index is -0.494. The van der Waals surface area contributed by atoms with Gasteiger partial charge in [0.1, 0.15) is 6.04 Å². The van der Waals surface area contributed by atoms with Gasteiger partial charge in [0, 0.05) is 25.9 Å². The van der Waals surface area contributed by atoms with Crippen molar-refractivity contribution in [3.63, 3.8) is 0 Å². The highest BCUT2D eigenvalue weighted by molar-refractivity contribution is 5.87. The van der Waals surface area contributed by atoms with Crippen LogP contribution in [-0.2, 0) is 14.4 Å². The van der Waals surface area contributed by atoms with Crippen molar-refractivity contribution >= 4 is 17.7 Å². The fourth-order valence-corrected chi connectivity index (χ4v) is 4.41. The Hall–Kier alpha value is -1.59. The zero-order valence-corrected chi connectivity index (χ0v) is 24.2. The average molecular weight is 510 g/mol. The second-order valence-corrected chi connectivity index (χ2v) is 10.5. The Kier molecular flexibility index (Phi) is 24.0. The van der Waals surface area contributed by atoms with E-state index in [0.29, 0.717) is 38.3 Å². The molecule has 0 aliphatic rings. The summed E-state index contributed by atoms with van der Waals surface area (Å²) in [7, 11) is 0. The number of carbonyl (C=O) groups excluding carboxylic acids is 3. The highest BCUT2D eigenvalue weighted by atomic mass is 16.2. The van der Waals surface area contributed by atoms with Crippen molar-refractivity contribution < 1.29 is 14.4 Å². The number of rotatable bonds is 25. The first kappa shape index (κ1) is 34.4. The van der Waals surface area contributed by atoms with Crippen LogP contribution in [0.5, 0.6) is 0 Å². The van der Waals surface area contributed by atoms with Gasteiger partial charge in [0.15, 0.2) is 0 Å². The van der Waals surface area contributed by atoms with Gasteiger partial charge in [0.25, 0.3) is 0 Å². The van der Waals surface area contributed by atoms with Gasteiger partial charge in [-0.3, -0.25) is 14.4 Å². The van der Waals surface area contributed by atoms with E-state index in [1.54, 1.807) is 0 Å². The third-order valence-corrected chi connectivity index (χ3v) is 7.02. The summed E-state index contributed by atoms with van der Waals surface area (Å²) in [6, 6.07) is -0.494. The Labute approximate surface area is 222 Å². The number of nitrogens with one attached hydrogen (secondary N) is 3. The standard InChI is InChI=1S/C30H59N3O3/c1-5-9-12-14-16-22-28(34)31-24-19-18-21-27(33-29(35)23-17-15-13-10-6-2)30(36)32-25-26(8-4)20-11-7-3/h26-27H,5-25H2,1-4H3,(H,31,34)(H,32,36)(H,33,35)/t26?,27-/m0/s1. The van der Waals surface area contributed by atoms with Gasteiger partial charge < -0.3 is 16.0 Å². The average Bonchev–Trinajstić information content (AvgIpc) is 2.87. The molecule has 0 saturated carbocycles. The van der Waals surface area contributed by atoms with Gasteiger partial charge in [-0.05, 0) is 44.4 Å². The lowest BCUT2D eigenvalue weighted by Gasteiger charge is -2.21. The Morgan fingerprint density at radius 1 is 0.583 bits per heavy atom. The first-order chi connectivity index (χ1) is 17.5. The largest absolute Gasteiger partial charge is 0.356 e. The molecule has 0 spiro atoms. The summed E-state index contributed by atoms with van der Waals surface area (Å²) in [5, 5.41) is 9.11. The zero-order chi connectivity index (χ0) is 26.9. The van der Waals surface area contributed by atoms with Crippen LogP contribution in [0, 0.1) is 5.92 Å². The maximum Gasteiger partial charge on any atom is 0.242 e. The second-order valence-electron chi connectivity index (χ2n) is 10.5. The number of hydrogen-bond donors (Lipinski definition) is 3. The molecule has 0 aromatic carbocycles. The van der Waals surface area contributed by atoms with Crippen molar-refractivity contribution in [1.29, 1.82) is 0 Å². The molecule has 0 bridgehead atoms. The van der Waals surface area contributed by atoms with Crippen LogP contribution in [0.3, 0.4) is 0 Å². The van der Waals surface area contributed by atoms with Crippen LogP contribution in [0.4, 0.5) is 0 Å². The van der Waals surface area contributed by atoms with E-state index >= 15 is 0 Å². The minimum absolute atomic E-state index is 0.0268. The van der Waals surface area contributed by atoms with E-state index in [4.69, 9.17) is 0 Å². The lowest BCUT2D eigenvalue weighted by atomic mass is 9.99. The molecule has 36 heavy (non-hydrogen) atoms. The number of unbranched alkanes of at least 4 members (excludes halogenated alkanes) is 10. The predicted octanol–water partition coefficient (Wildman–Crippen LogP) is 6.81. The summed E-state index contributed by atoms with van der Waals surface area (Å²) in [6.07, 6.45) is 19.0. The molecule has 0 radical (unpaired) electrons. The molecule has 0 fully saturated rings. The fourth-order valence-electron chi connectivity index (χ4n) is 4.41. The summed E-state index contributed by atoms with van der Waals surface area (Å²) in [4.78, 5) is 37.5. The molecule has 3 N–H and O–H groups in total. The number of carbonyl (C=O) groups is 3. The smallest absolute Gasteiger partial charge is 0.242 e. The molecule has 2 atom stereocenters. The Morgan fingerprint density at radius 3 is 1.75 bits per heavy atom. The molecule has 1 unspecified atom stereocenters. The van der Waals surface area contributed by atoms with Gasteiger partial charge in [-0.25, -0.2) is 0 Å². The lowest BCUT2D eigenvalue weighted by Crippen LogP contribution is -2.47. The van der Waals surface area contributed by atoms with Crippen molar-refractivity contribution in [2.75, 3.05) is 13.1 Å². The Morgan fingerprint density at radius 2 is 1.17 bits per heavy atom. The molecule has 0 aromatic rings. The van der Waals surface area contributed by atoms with Crippen LogP contribution in [0.2, 0.25) is 0 Å². The molecule has 6 nitrogen and oxygen atoms in total. The lowest BCUT2D eigenvalue weighted by molar-refractivity contribution is -0.129. The van der Waals surface area contributed by atoms with Gasteiger partial charge in [-0.2, -0.15) is 0 Å². The van der Waals surface area contributed by atoms with Crippen LogP contribution in [0.1, 0.15) is 150 Å². The SMILES string of the molecule is CCCCCCCC(=O)NCCCC[C@H](NC(=O)CCCCCCC)C(=O)NCC(CC)CCCC. The normalized spacial score (nSPS) is 12.7. The predicted molar refractivity (Wildman–Crippen MR) is 152 cm³/mol. The minimum Gasteiger partial charge on any atom is -0.356 e. The molecule has 0 saturated heterocycles. The van der Waals surface area contributed by atoms with E-state index in [2.05, 4.69) is 43.6 Å². The summed E-state index contributed by atoms with van der Waals surface area (Å²) in [5.41, 5.74) is 0. The van der Waals surface area contributed by atoms with Crippen LogP contribution in [-0.4, -0.2) is 36.9 Å². The first-order valence-corrected chi connectivity index (χ1v) is 15.3. The van der Waals surface area contributed by atoms with E-state index in [-0.39, 0.29) is 17.7 Å². The van der Waals surface area contributed by atoms with Crippen LogP contribution in [0.15, 0.2) is 0 Å². The van der Waals surface area contributed by atoms with Gasteiger partial charge in [-0.15, -0.1) is 0 Å². The van der Waals surface area contributed by atoms with Crippen LogP contribution in [0.25, 0.3) is 0 Å². The molecule has 0 aliphatic heterocycles. The van der Waals surface area contributed by atoms with Crippen molar-refractivity contribution in [1.82, 2.24) is 16.0 Å². The van der Waals surface area contributed by atoms with Gasteiger partial charge >= 0.3 is 0 Å². The van der Waals surface area contributed by atoms with Crippen molar-refractivity contribution in [2.45, 2.75) is 156 Å². The first-order valence-electron chi connectivity index (χ1n) is 15.3. The highest BCUT2D eigenvalue weighted by Gasteiger charge is 2.21. The summed E-state index contributed by atoms with van der Waals surface area (Å²) in [5.74, 6) is 0.511. The van der Waals surface area contributed by atoms with E-state index in [1.165, 1.54) is 38.5 Å². The Bertz CT molecular complexity index is 554. The monoisotopic (exact) mass is 509 g/mol. The maximum absolute atomic E-state index is 13.0. The van der Waals surface area contributed by atoms with Crippen molar-refractivity contribution in [3.8, 4) is 0 Å². The molecule has 212 valence electrons. The number of hydrogen-bond acceptors (Lipinski definition) is 3. The highest BCUT2D eigenvalue weighted by Crippen LogP contribution is 2.12. The molecule has 0 heterocycles. The Balaban J connectivity index is 4.49. The van der Waals surface area contributed by atoms with Crippen LogP contribution >= 0.6 is 0 Å². The van der Waals surface area contributed by atoms with E-state index in [0.717, 1.165) is 64.2 Å². The quantitative estimate of drug-likeness (QED) is 0.118. The zero-order valence-electron chi connectivity index (χ0n) is 24.2. The van der Waals surface area contributed by atoms with E-state index < -0.39 is 6.04 Å². The number of amides is 3. The molecular formula is C30H59N3O3. The molecular weight excluding hydrogens is 450 g/mol. The molecule has 0 aliphatic carbocycles. The van der Waals surface area contributed by atoms with Gasteiger partial charge in [0.05, 0.1) is 0 Å². The van der Waals surface area contributed by atoms with E-state index in [9.17, 15) is 14.4 Å². The fraction of sp³-hybridized carbons (Fsp3) is 0.900. The van der Waals surface area contributed by atoms with E-state index in [1.807, 2.05) is 0 Å². The second kappa shape index (κ2) is 25.1. The molecule has 0 aromatic heterocycles. The van der Waals surface area contributed by atoms with Crippen molar-refractivity contribution in [2.24, 2.45) is 5.92 Å². The molecule has 6 heteroatoms. The summed E-state index contributed by atoms with van der Waals surface area (Å²) in [6.45, 7) is 10.0. The topological polar surface area (TPSA) is 87.3 Å². The van der Waals surface area contributed by atoms with Gasteiger partial charge in [-0.1, -0.05) is 98.3 Å². The maximum atomic E-state index is 13.0. The third kappa shape index (κ3) is 20.6.